The fraction of sp³-hybridized carbons (Fsp3) is 0.556. The predicted octanol–water partition coefficient (Wildman–Crippen LogP) is 2.80. The summed E-state index contributed by atoms with van der Waals surface area (Å²) in [6, 6.07) is 7.89. The zero-order valence-electron chi connectivity index (χ0n) is 13.3. The molecule has 1 aliphatic rings. The van der Waals surface area contributed by atoms with Crippen molar-refractivity contribution in [3.63, 3.8) is 0 Å². The molecule has 0 aromatic heterocycles. The van der Waals surface area contributed by atoms with Crippen LogP contribution in [0.5, 0.6) is 5.75 Å². The second-order valence-corrected chi connectivity index (χ2v) is 5.25. The van der Waals surface area contributed by atoms with Gasteiger partial charge in [-0.05, 0) is 30.5 Å². The summed E-state index contributed by atoms with van der Waals surface area (Å²) in [7, 11) is 3.36. The van der Waals surface area contributed by atoms with Gasteiger partial charge in [-0.2, -0.15) is 0 Å². The molecule has 4 heteroatoms. The van der Waals surface area contributed by atoms with Crippen LogP contribution in [0.15, 0.2) is 24.3 Å². The van der Waals surface area contributed by atoms with Crippen molar-refractivity contribution < 1.29 is 18.9 Å². The Balaban J connectivity index is 1.58. The number of benzene rings is 1. The number of hydrogen-bond donors (Lipinski definition) is 0. The van der Waals surface area contributed by atoms with E-state index in [1.807, 2.05) is 24.3 Å². The fourth-order valence-corrected chi connectivity index (χ4v) is 2.34. The Kier molecular flexibility index (Phi) is 7.24. The minimum atomic E-state index is 0.0572. The Morgan fingerprint density at radius 3 is 2.73 bits per heavy atom. The fourth-order valence-electron chi connectivity index (χ4n) is 2.34. The highest BCUT2D eigenvalue weighted by atomic mass is 16.5. The summed E-state index contributed by atoms with van der Waals surface area (Å²) in [6.45, 7) is 1.89. The molecule has 2 rings (SSSR count). The largest absolute Gasteiger partial charge is 0.497 e. The average molecular weight is 304 g/mol. The van der Waals surface area contributed by atoms with E-state index < -0.39 is 0 Å². The molecular weight excluding hydrogens is 280 g/mol. The van der Waals surface area contributed by atoms with Gasteiger partial charge in [-0.25, -0.2) is 0 Å². The van der Waals surface area contributed by atoms with Crippen molar-refractivity contribution in [3.05, 3.63) is 29.8 Å². The predicted molar refractivity (Wildman–Crippen MR) is 84.8 cm³/mol. The van der Waals surface area contributed by atoms with E-state index in [-0.39, 0.29) is 12.2 Å². The summed E-state index contributed by atoms with van der Waals surface area (Å²) in [6.07, 6.45) is 3.01. The van der Waals surface area contributed by atoms with E-state index in [1.165, 1.54) is 0 Å². The van der Waals surface area contributed by atoms with Gasteiger partial charge in [0, 0.05) is 13.5 Å². The third-order valence-electron chi connectivity index (χ3n) is 3.52. The van der Waals surface area contributed by atoms with Crippen LogP contribution in [0.1, 0.15) is 24.8 Å². The molecule has 0 N–H and O–H groups in total. The van der Waals surface area contributed by atoms with Crippen molar-refractivity contribution in [2.75, 3.05) is 27.4 Å². The molecule has 4 nitrogen and oxygen atoms in total. The highest BCUT2D eigenvalue weighted by Gasteiger charge is 2.23. The van der Waals surface area contributed by atoms with Crippen molar-refractivity contribution in [2.45, 2.75) is 38.1 Å². The topological polar surface area (TPSA) is 36.9 Å². The Labute approximate surface area is 132 Å². The second-order valence-electron chi connectivity index (χ2n) is 5.25. The first-order valence-corrected chi connectivity index (χ1v) is 7.65. The van der Waals surface area contributed by atoms with Gasteiger partial charge in [0.05, 0.1) is 33.0 Å². The van der Waals surface area contributed by atoms with Gasteiger partial charge in [-0.3, -0.25) is 0 Å². The summed E-state index contributed by atoms with van der Waals surface area (Å²) >= 11 is 0. The van der Waals surface area contributed by atoms with Crippen LogP contribution in [-0.4, -0.2) is 39.6 Å². The zero-order chi connectivity index (χ0) is 15.6. The molecule has 0 radical (unpaired) electrons. The van der Waals surface area contributed by atoms with Crippen LogP contribution in [0.25, 0.3) is 0 Å². The second kappa shape index (κ2) is 9.47. The van der Waals surface area contributed by atoms with E-state index in [1.54, 1.807) is 14.2 Å². The van der Waals surface area contributed by atoms with Gasteiger partial charge < -0.3 is 18.9 Å². The van der Waals surface area contributed by atoms with Crippen LogP contribution in [0, 0.1) is 11.8 Å². The first kappa shape index (κ1) is 16.8. The monoisotopic (exact) mass is 304 g/mol. The minimum absolute atomic E-state index is 0.0572. The smallest absolute Gasteiger partial charge is 0.118 e. The molecule has 0 spiro atoms. The van der Waals surface area contributed by atoms with Crippen LogP contribution in [0.4, 0.5) is 0 Å². The summed E-state index contributed by atoms with van der Waals surface area (Å²) in [5.74, 6) is 7.15. The lowest BCUT2D eigenvalue weighted by Gasteiger charge is -2.08. The molecule has 1 fully saturated rings. The van der Waals surface area contributed by atoms with Gasteiger partial charge in [0.15, 0.2) is 0 Å². The van der Waals surface area contributed by atoms with Crippen LogP contribution >= 0.6 is 0 Å². The van der Waals surface area contributed by atoms with Crippen LogP contribution < -0.4 is 4.74 Å². The molecule has 2 unspecified atom stereocenters. The van der Waals surface area contributed by atoms with Crippen LogP contribution in [0.2, 0.25) is 0 Å². The van der Waals surface area contributed by atoms with Gasteiger partial charge in [0.25, 0.3) is 0 Å². The van der Waals surface area contributed by atoms with Crippen molar-refractivity contribution in [3.8, 4) is 17.6 Å². The van der Waals surface area contributed by atoms with E-state index in [0.29, 0.717) is 19.8 Å². The molecule has 1 heterocycles. The van der Waals surface area contributed by atoms with Crippen molar-refractivity contribution in [1.82, 2.24) is 0 Å². The van der Waals surface area contributed by atoms with Crippen molar-refractivity contribution >= 4 is 0 Å². The van der Waals surface area contributed by atoms with E-state index >= 15 is 0 Å². The molecule has 2 atom stereocenters. The van der Waals surface area contributed by atoms with Crippen LogP contribution in [0.3, 0.4) is 0 Å². The maximum atomic E-state index is 5.75. The van der Waals surface area contributed by atoms with Gasteiger partial charge in [-0.1, -0.05) is 24.0 Å². The average Bonchev–Trinajstić information content (AvgIpc) is 2.99. The zero-order valence-corrected chi connectivity index (χ0v) is 13.3. The summed E-state index contributed by atoms with van der Waals surface area (Å²) in [5, 5.41) is 0. The van der Waals surface area contributed by atoms with E-state index in [9.17, 15) is 0 Å². The molecule has 120 valence electrons. The van der Waals surface area contributed by atoms with Gasteiger partial charge >= 0.3 is 0 Å². The van der Waals surface area contributed by atoms with Gasteiger partial charge in [0.2, 0.25) is 0 Å². The van der Waals surface area contributed by atoms with Crippen LogP contribution in [-0.2, 0) is 20.8 Å². The SMILES string of the molecule is COCC1CCC(C#CCCOCc2ccc(OC)cc2)O1. The maximum Gasteiger partial charge on any atom is 0.118 e. The third kappa shape index (κ3) is 5.69. The normalized spacial score (nSPS) is 20.5. The first-order valence-electron chi connectivity index (χ1n) is 7.65. The highest BCUT2D eigenvalue weighted by molar-refractivity contribution is 5.26. The molecule has 1 aliphatic heterocycles. The quantitative estimate of drug-likeness (QED) is 0.573. The summed E-state index contributed by atoms with van der Waals surface area (Å²) < 4.78 is 21.6. The molecule has 1 saturated heterocycles. The molecular formula is C18H24O4. The van der Waals surface area contributed by atoms with Crippen molar-refractivity contribution in [1.29, 1.82) is 0 Å². The van der Waals surface area contributed by atoms with Gasteiger partial charge in [-0.15, -0.1) is 0 Å². The minimum Gasteiger partial charge on any atom is -0.497 e. The number of hydrogen-bond acceptors (Lipinski definition) is 4. The highest BCUT2D eigenvalue weighted by Crippen LogP contribution is 2.19. The molecule has 22 heavy (non-hydrogen) atoms. The summed E-state index contributed by atoms with van der Waals surface area (Å²) in [4.78, 5) is 0. The first-order chi connectivity index (χ1) is 10.8. The molecule has 0 bridgehead atoms. The van der Waals surface area contributed by atoms with E-state index in [0.717, 1.165) is 30.6 Å². The van der Waals surface area contributed by atoms with E-state index in [4.69, 9.17) is 18.9 Å². The lowest BCUT2D eigenvalue weighted by Crippen LogP contribution is -2.14. The Morgan fingerprint density at radius 2 is 2.00 bits per heavy atom. The maximum absolute atomic E-state index is 5.75. The third-order valence-corrected chi connectivity index (χ3v) is 3.52. The standard InChI is InChI=1S/C18H24O4/c1-19-14-18-11-10-17(22-18)5-3-4-12-21-13-15-6-8-16(20-2)9-7-15/h6-9,17-18H,4,10-14H2,1-2H3. The molecule has 1 aromatic carbocycles. The number of methoxy groups -OCH3 is 2. The molecule has 0 amide bonds. The van der Waals surface area contributed by atoms with Gasteiger partial charge in [0.1, 0.15) is 11.9 Å². The molecule has 0 aliphatic carbocycles. The number of ether oxygens (including phenoxy) is 4. The molecule has 0 saturated carbocycles. The lowest BCUT2D eigenvalue weighted by molar-refractivity contribution is 0.0179. The van der Waals surface area contributed by atoms with Crippen molar-refractivity contribution in [2.24, 2.45) is 0 Å². The van der Waals surface area contributed by atoms with E-state index in [2.05, 4.69) is 11.8 Å². The Bertz CT molecular complexity index is 486. The summed E-state index contributed by atoms with van der Waals surface area (Å²) in [5.41, 5.74) is 1.13. The Hall–Kier alpha value is -1.54. The Morgan fingerprint density at radius 1 is 1.18 bits per heavy atom. The number of rotatable bonds is 7. The molecule has 1 aromatic rings. The lowest BCUT2D eigenvalue weighted by atomic mass is 10.2.